The van der Waals surface area contributed by atoms with Gasteiger partial charge in [0.2, 0.25) is 0 Å². The van der Waals surface area contributed by atoms with Gasteiger partial charge >= 0.3 is 12.1 Å². The summed E-state index contributed by atoms with van der Waals surface area (Å²) in [4.78, 5) is 38.1. The van der Waals surface area contributed by atoms with Crippen molar-refractivity contribution in [2.24, 2.45) is 17.8 Å². The van der Waals surface area contributed by atoms with Gasteiger partial charge in [0.05, 0.1) is 0 Å². The highest BCUT2D eigenvalue weighted by Crippen LogP contribution is 2.55. The molecule has 4 bridgehead atoms. The van der Waals surface area contributed by atoms with Gasteiger partial charge in [-0.15, -0.1) is 0 Å². The first-order chi connectivity index (χ1) is 13.4. The molecule has 0 unspecified atom stereocenters. The molecular weight excluding hydrogens is 356 g/mol. The molecule has 6 rings (SSSR count). The number of carbonyl (C=O) groups is 3. The van der Waals surface area contributed by atoms with Crippen LogP contribution in [0.4, 0.5) is 9.59 Å². The van der Waals surface area contributed by atoms with Gasteiger partial charge in [0.25, 0.3) is 5.91 Å². The quantitative estimate of drug-likeness (QED) is 0.702. The van der Waals surface area contributed by atoms with Crippen molar-refractivity contribution in [1.82, 2.24) is 21.1 Å². The number of hydrazine groups is 1. The minimum absolute atomic E-state index is 0.180. The Bertz CT molecular complexity index is 804. The number of benzene rings is 1. The van der Waals surface area contributed by atoms with Crippen LogP contribution in [0.5, 0.6) is 0 Å². The van der Waals surface area contributed by atoms with Crippen LogP contribution in [0.2, 0.25) is 0 Å². The summed E-state index contributed by atoms with van der Waals surface area (Å²) in [5.74, 6) is 1.61. The molecule has 148 valence electrons. The second-order valence-corrected chi connectivity index (χ2v) is 9.33. The van der Waals surface area contributed by atoms with E-state index in [0.29, 0.717) is 23.3 Å². The van der Waals surface area contributed by atoms with Crippen LogP contribution in [0, 0.1) is 17.8 Å². The molecule has 0 spiro atoms. The Labute approximate surface area is 164 Å². The molecule has 0 radical (unpaired) electrons. The summed E-state index contributed by atoms with van der Waals surface area (Å²) >= 11 is 0. The fraction of sp³-hybridized carbons (Fsp3) is 0.571. The first kappa shape index (κ1) is 17.5. The average molecular weight is 382 g/mol. The molecule has 5 amide bonds. The second-order valence-electron chi connectivity index (χ2n) is 9.33. The van der Waals surface area contributed by atoms with Crippen LogP contribution < -0.4 is 16.1 Å². The van der Waals surface area contributed by atoms with Gasteiger partial charge in [-0.05, 0) is 68.8 Å². The highest BCUT2D eigenvalue weighted by Gasteiger charge is 2.53. The molecule has 4 saturated carbocycles. The molecule has 1 aromatic rings. The molecule has 7 nitrogen and oxygen atoms in total. The molecular formula is C21H26N4O3. The van der Waals surface area contributed by atoms with Crippen molar-refractivity contribution in [2.45, 2.75) is 56.5 Å². The number of nitrogens with zero attached hydrogens (tertiary/aromatic N) is 1. The zero-order chi connectivity index (χ0) is 19.5. The van der Waals surface area contributed by atoms with E-state index in [1.165, 1.54) is 19.3 Å². The Hall–Kier alpha value is -2.57. The van der Waals surface area contributed by atoms with Crippen molar-refractivity contribution in [3.8, 4) is 0 Å². The van der Waals surface area contributed by atoms with Crippen LogP contribution >= 0.6 is 0 Å². The van der Waals surface area contributed by atoms with Crippen molar-refractivity contribution in [2.75, 3.05) is 0 Å². The van der Waals surface area contributed by atoms with Crippen LogP contribution in [-0.2, 0) is 10.3 Å². The molecule has 28 heavy (non-hydrogen) atoms. The zero-order valence-corrected chi connectivity index (χ0v) is 16.0. The van der Waals surface area contributed by atoms with Crippen LogP contribution in [0.15, 0.2) is 30.3 Å². The number of amides is 5. The number of imide groups is 1. The molecule has 0 aromatic heterocycles. The fourth-order valence-corrected chi connectivity index (χ4v) is 6.34. The van der Waals surface area contributed by atoms with Gasteiger partial charge in [-0.1, -0.05) is 30.3 Å². The summed E-state index contributed by atoms with van der Waals surface area (Å²) in [6, 6.07) is 7.98. The van der Waals surface area contributed by atoms with Crippen molar-refractivity contribution in [1.29, 1.82) is 0 Å². The van der Waals surface area contributed by atoms with Gasteiger partial charge in [-0.3, -0.25) is 4.79 Å². The van der Waals surface area contributed by atoms with Crippen LogP contribution in [0.3, 0.4) is 0 Å². The molecule has 1 saturated heterocycles. The SMILES string of the molecule is C[C@@]1(c2ccccc2)NC(=O)N(NC(=O)NC23CC4CC(CC(C4)C2)C3)C1=O. The van der Waals surface area contributed by atoms with E-state index >= 15 is 0 Å². The minimum Gasteiger partial charge on any atom is -0.331 e. The van der Waals surface area contributed by atoms with E-state index < -0.39 is 23.5 Å². The topological polar surface area (TPSA) is 90.5 Å². The van der Waals surface area contributed by atoms with Crippen molar-refractivity contribution in [3.63, 3.8) is 0 Å². The Balaban J connectivity index is 1.29. The Morgan fingerprint density at radius 1 is 1.04 bits per heavy atom. The Morgan fingerprint density at radius 3 is 2.18 bits per heavy atom. The van der Waals surface area contributed by atoms with Crippen LogP contribution in [0.25, 0.3) is 0 Å². The van der Waals surface area contributed by atoms with Crippen molar-refractivity contribution >= 4 is 18.0 Å². The van der Waals surface area contributed by atoms with E-state index in [1.807, 2.05) is 18.2 Å². The first-order valence-corrected chi connectivity index (χ1v) is 10.2. The summed E-state index contributed by atoms with van der Waals surface area (Å²) in [5, 5.41) is 6.65. The third kappa shape index (κ3) is 2.67. The number of nitrogens with one attached hydrogen (secondary N) is 3. The second kappa shape index (κ2) is 5.96. The largest absolute Gasteiger partial charge is 0.344 e. The Morgan fingerprint density at radius 2 is 1.61 bits per heavy atom. The van der Waals surface area contributed by atoms with Crippen LogP contribution in [-0.4, -0.2) is 28.5 Å². The predicted octanol–water partition coefficient (Wildman–Crippen LogP) is 2.64. The highest BCUT2D eigenvalue weighted by atomic mass is 16.2. The third-order valence-electron chi connectivity index (χ3n) is 7.17. The molecule has 1 heterocycles. The number of urea groups is 2. The molecule has 5 aliphatic rings. The number of hydrogen-bond acceptors (Lipinski definition) is 3. The monoisotopic (exact) mass is 382 g/mol. The first-order valence-electron chi connectivity index (χ1n) is 10.2. The van der Waals surface area contributed by atoms with Gasteiger partial charge in [0.15, 0.2) is 0 Å². The number of rotatable bonds is 3. The lowest BCUT2D eigenvalue weighted by atomic mass is 9.53. The number of hydrogen-bond donors (Lipinski definition) is 3. The van der Waals surface area contributed by atoms with E-state index in [0.717, 1.165) is 24.3 Å². The molecule has 4 aliphatic carbocycles. The van der Waals surface area contributed by atoms with E-state index in [9.17, 15) is 14.4 Å². The van der Waals surface area contributed by atoms with Gasteiger partial charge in [-0.2, -0.15) is 5.01 Å². The summed E-state index contributed by atoms with van der Waals surface area (Å²) in [6.45, 7) is 1.65. The van der Waals surface area contributed by atoms with E-state index in [4.69, 9.17) is 0 Å². The molecule has 1 aromatic carbocycles. The van der Waals surface area contributed by atoms with Crippen molar-refractivity contribution in [3.05, 3.63) is 35.9 Å². The molecule has 3 N–H and O–H groups in total. The van der Waals surface area contributed by atoms with Crippen LogP contribution in [0.1, 0.15) is 51.0 Å². The normalized spacial score (nSPS) is 38.5. The lowest BCUT2D eigenvalue weighted by Gasteiger charge is -2.56. The van der Waals surface area contributed by atoms with Gasteiger partial charge < -0.3 is 10.6 Å². The van der Waals surface area contributed by atoms with E-state index in [-0.39, 0.29) is 5.54 Å². The third-order valence-corrected chi connectivity index (χ3v) is 7.17. The molecule has 7 heteroatoms. The minimum atomic E-state index is -1.19. The van der Waals surface area contributed by atoms with E-state index in [2.05, 4.69) is 16.1 Å². The van der Waals surface area contributed by atoms with Gasteiger partial charge in [-0.25, -0.2) is 15.0 Å². The standard InChI is InChI=1S/C21H26N4O3/c1-20(16-5-3-2-4-6-16)17(26)25(19(28)23-20)24-18(27)22-21-10-13-7-14(11-21)9-15(8-13)12-21/h2-6,13-15H,7-12H2,1H3,(H,23,28)(H2,22,24,27)/t13?,14?,15?,20-,21?/m0/s1. The van der Waals surface area contributed by atoms with Gasteiger partial charge in [0.1, 0.15) is 5.54 Å². The molecule has 1 aliphatic heterocycles. The highest BCUT2D eigenvalue weighted by molar-refractivity contribution is 6.08. The lowest BCUT2D eigenvalue weighted by molar-refractivity contribution is -0.132. The predicted molar refractivity (Wildman–Crippen MR) is 102 cm³/mol. The Kier molecular flexibility index (Phi) is 3.73. The summed E-state index contributed by atoms with van der Waals surface area (Å²) in [6.07, 6.45) is 6.87. The number of carbonyl (C=O) groups excluding carboxylic acids is 3. The maximum absolute atomic E-state index is 12.9. The average Bonchev–Trinajstić information content (AvgIpc) is 2.85. The summed E-state index contributed by atoms with van der Waals surface area (Å²) < 4.78 is 0. The summed E-state index contributed by atoms with van der Waals surface area (Å²) in [7, 11) is 0. The maximum atomic E-state index is 12.9. The lowest BCUT2D eigenvalue weighted by Crippen LogP contribution is -2.63. The van der Waals surface area contributed by atoms with E-state index in [1.54, 1.807) is 19.1 Å². The zero-order valence-electron chi connectivity index (χ0n) is 16.0. The molecule has 1 atom stereocenters. The molecule has 5 fully saturated rings. The smallest absolute Gasteiger partial charge is 0.331 e. The van der Waals surface area contributed by atoms with Gasteiger partial charge in [0, 0.05) is 5.54 Å². The fourth-order valence-electron chi connectivity index (χ4n) is 6.34. The maximum Gasteiger partial charge on any atom is 0.344 e. The van der Waals surface area contributed by atoms with Crippen molar-refractivity contribution < 1.29 is 14.4 Å². The summed E-state index contributed by atoms with van der Waals surface area (Å²) in [5.41, 5.74) is 1.81.